The van der Waals surface area contributed by atoms with Crippen molar-refractivity contribution in [3.8, 4) is 0 Å². The van der Waals surface area contributed by atoms with Crippen LogP contribution in [0, 0.1) is 0 Å². The third kappa shape index (κ3) is 2.38. The summed E-state index contributed by atoms with van der Waals surface area (Å²) in [5.41, 5.74) is 2.18. The molecule has 0 aliphatic rings. The smallest absolute Gasteiger partial charge is 0.132 e. The van der Waals surface area contributed by atoms with Gasteiger partial charge < -0.3 is 4.57 Å². The minimum atomic E-state index is 0.971. The van der Waals surface area contributed by atoms with E-state index in [1.165, 1.54) is 5.57 Å². The first-order valence-electron chi connectivity index (χ1n) is 3.99. The Morgan fingerprint density at radius 1 is 1.42 bits per heavy atom. The molecule has 0 aliphatic heterocycles. The molecule has 0 saturated heterocycles. The summed E-state index contributed by atoms with van der Waals surface area (Å²) in [6, 6.07) is 5.96. The third-order valence-electron chi connectivity index (χ3n) is 1.48. The molecule has 1 aromatic rings. The highest BCUT2D eigenvalue weighted by Gasteiger charge is 1.81. The van der Waals surface area contributed by atoms with E-state index in [9.17, 15) is 0 Å². The van der Waals surface area contributed by atoms with Gasteiger partial charge in [0.25, 0.3) is 0 Å². The molecule has 64 valence electrons. The first-order valence-corrected chi connectivity index (χ1v) is 3.99. The molecule has 0 aliphatic carbocycles. The van der Waals surface area contributed by atoms with Crippen molar-refractivity contribution in [3.05, 3.63) is 41.7 Å². The Bertz CT molecular complexity index is 341. The van der Waals surface area contributed by atoms with Crippen LogP contribution in [0.2, 0.25) is 0 Å². The van der Waals surface area contributed by atoms with E-state index < -0.39 is 0 Å². The number of hydrogen-bond acceptors (Lipinski definition) is 1. The van der Waals surface area contributed by atoms with Crippen LogP contribution in [0.5, 0.6) is 0 Å². The van der Waals surface area contributed by atoms with Crippen LogP contribution in [0.4, 0.5) is 0 Å². The van der Waals surface area contributed by atoms with Gasteiger partial charge in [-0.15, -0.1) is 0 Å². The van der Waals surface area contributed by atoms with Gasteiger partial charge in [0, 0.05) is 19.4 Å². The van der Waals surface area contributed by atoms with E-state index >= 15 is 0 Å². The van der Waals surface area contributed by atoms with E-state index in [1.807, 2.05) is 56.1 Å². The summed E-state index contributed by atoms with van der Waals surface area (Å²) in [5, 5.41) is 0. The second-order valence-corrected chi connectivity index (χ2v) is 3.01. The van der Waals surface area contributed by atoms with E-state index in [0.717, 1.165) is 5.49 Å². The Hall–Kier alpha value is -1.31. The number of rotatable bonds is 1. The second kappa shape index (κ2) is 3.90. The Labute approximate surface area is 72.9 Å². The summed E-state index contributed by atoms with van der Waals surface area (Å²) in [7, 11) is 1.98. The summed E-state index contributed by atoms with van der Waals surface area (Å²) in [6.45, 7) is 4.07. The van der Waals surface area contributed by atoms with Crippen molar-refractivity contribution in [1.29, 1.82) is 0 Å². The number of hydrogen-bond donors (Lipinski definition) is 0. The molecule has 12 heavy (non-hydrogen) atoms. The molecule has 0 atom stereocenters. The average molecular weight is 162 g/mol. The number of pyridine rings is 1. The first-order chi connectivity index (χ1) is 5.70. The molecule has 0 radical (unpaired) electrons. The van der Waals surface area contributed by atoms with Gasteiger partial charge in [-0.1, -0.05) is 11.6 Å². The van der Waals surface area contributed by atoms with Crippen LogP contribution in [-0.4, -0.2) is 4.57 Å². The fourth-order valence-electron chi connectivity index (χ4n) is 0.844. The molecule has 2 nitrogen and oxygen atoms in total. The van der Waals surface area contributed by atoms with Crippen molar-refractivity contribution in [2.24, 2.45) is 12.0 Å². The van der Waals surface area contributed by atoms with Gasteiger partial charge in [0.05, 0.1) is 0 Å². The average Bonchev–Trinajstić information content (AvgIpc) is 2.03. The molecular formula is C10H14N2. The summed E-state index contributed by atoms with van der Waals surface area (Å²) in [6.07, 6.45) is 3.85. The molecule has 0 unspecified atom stereocenters. The monoisotopic (exact) mass is 162 g/mol. The molecule has 1 rings (SSSR count). The van der Waals surface area contributed by atoms with Gasteiger partial charge in [0.15, 0.2) is 0 Å². The fraction of sp³-hybridized carbons (Fsp3) is 0.300. The van der Waals surface area contributed by atoms with Crippen molar-refractivity contribution >= 4 is 0 Å². The summed E-state index contributed by atoms with van der Waals surface area (Å²) in [5.74, 6) is 0. The lowest BCUT2D eigenvalue weighted by Crippen LogP contribution is -2.14. The Morgan fingerprint density at radius 3 is 2.75 bits per heavy atom. The maximum Gasteiger partial charge on any atom is 0.132 e. The lowest BCUT2D eigenvalue weighted by molar-refractivity contribution is 0.833. The molecule has 0 N–H and O–H groups in total. The predicted octanol–water partition coefficient (Wildman–Crippen LogP) is 1.85. The number of aryl methyl sites for hydroxylation is 1. The zero-order valence-electron chi connectivity index (χ0n) is 7.78. The SMILES string of the molecule is CC(C)=CN=c1ccccn1C. The maximum atomic E-state index is 4.31. The summed E-state index contributed by atoms with van der Waals surface area (Å²) >= 11 is 0. The zero-order chi connectivity index (χ0) is 8.97. The quantitative estimate of drug-likeness (QED) is 0.599. The zero-order valence-corrected chi connectivity index (χ0v) is 7.78. The molecule has 0 amide bonds. The van der Waals surface area contributed by atoms with Gasteiger partial charge >= 0.3 is 0 Å². The molecule has 1 heterocycles. The van der Waals surface area contributed by atoms with E-state index in [1.54, 1.807) is 0 Å². The summed E-state index contributed by atoms with van der Waals surface area (Å²) in [4.78, 5) is 4.31. The predicted molar refractivity (Wildman–Crippen MR) is 50.4 cm³/mol. The van der Waals surface area contributed by atoms with Gasteiger partial charge in [0.1, 0.15) is 5.49 Å². The van der Waals surface area contributed by atoms with Gasteiger partial charge in [-0.3, -0.25) is 0 Å². The van der Waals surface area contributed by atoms with E-state index in [0.29, 0.717) is 0 Å². The molecule has 0 aromatic carbocycles. The minimum Gasteiger partial charge on any atom is -0.336 e. The van der Waals surface area contributed by atoms with Gasteiger partial charge in [-0.25, -0.2) is 4.99 Å². The molecular weight excluding hydrogens is 148 g/mol. The summed E-state index contributed by atoms with van der Waals surface area (Å²) < 4.78 is 1.99. The van der Waals surface area contributed by atoms with Crippen LogP contribution in [-0.2, 0) is 7.05 Å². The fourth-order valence-corrected chi connectivity index (χ4v) is 0.844. The number of aromatic nitrogens is 1. The third-order valence-corrected chi connectivity index (χ3v) is 1.48. The number of nitrogens with zero attached hydrogens (tertiary/aromatic N) is 2. The first kappa shape index (κ1) is 8.78. The molecule has 0 spiro atoms. The van der Waals surface area contributed by atoms with Crippen LogP contribution in [0.3, 0.4) is 0 Å². The van der Waals surface area contributed by atoms with Crippen LogP contribution in [0.15, 0.2) is 41.2 Å². The maximum absolute atomic E-state index is 4.31. The minimum absolute atomic E-state index is 0.971. The van der Waals surface area contributed by atoms with Gasteiger partial charge in [0.2, 0.25) is 0 Å². The Kier molecular flexibility index (Phi) is 2.86. The van der Waals surface area contributed by atoms with E-state index in [2.05, 4.69) is 4.99 Å². The molecule has 0 saturated carbocycles. The van der Waals surface area contributed by atoms with Crippen molar-refractivity contribution in [3.63, 3.8) is 0 Å². The van der Waals surface area contributed by atoms with E-state index in [-0.39, 0.29) is 0 Å². The Balaban J connectivity index is 3.11. The van der Waals surface area contributed by atoms with Gasteiger partial charge in [-0.05, 0) is 26.0 Å². The normalized spacial score (nSPS) is 11.4. The highest BCUT2D eigenvalue weighted by atomic mass is 15.0. The Morgan fingerprint density at radius 2 is 2.17 bits per heavy atom. The van der Waals surface area contributed by atoms with Gasteiger partial charge in [-0.2, -0.15) is 0 Å². The van der Waals surface area contributed by atoms with Crippen molar-refractivity contribution < 1.29 is 0 Å². The lowest BCUT2D eigenvalue weighted by Gasteiger charge is -1.95. The lowest BCUT2D eigenvalue weighted by atomic mass is 10.4. The molecule has 0 fully saturated rings. The van der Waals surface area contributed by atoms with Crippen LogP contribution in [0.25, 0.3) is 0 Å². The topological polar surface area (TPSA) is 17.3 Å². The number of allylic oxidation sites excluding steroid dienone is 1. The molecule has 0 bridgehead atoms. The molecule has 1 aromatic heterocycles. The molecule has 2 heteroatoms. The van der Waals surface area contributed by atoms with Crippen LogP contribution in [0.1, 0.15) is 13.8 Å². The highest BCUT2D eigenvalue weighted by molar-refractivity contribution is 4.96. The highest BCUT2D eigenvalue weighted by Crippen LogP contribution is 1.87. The van der Waals surface area contributed by atoms with E-state index in [4.69, 9.17) is 0 Å². The van der Waals surface area contributed by atoms with Crippen LogP contribution < -0.4 is 5.49 Å². The standard InChI is InChI=1S/C10H14N2/c1-9(2)8-11-10-6-4-5-7-12(10)3/h4-8H,1-3H3. The largest absolute Gasteiger partial charge is 0.336 e. The van der Waals surface area contributed by atoms with Crippen molar-refractivity contribution in [2.45, 2.75) is 13.8 Å². The van der Waals surface area contributed by atoms with Crippen molar-refractivity contribution in [2.75, 3.05) is 0 Å². The van der Waals surface area contributed by atoms with Crippen molar-refractivity contribution in [1.82, 2.24) is 4.57 Å². The van der Waals surface area contributed by atoms with Crippen LogP contribution >= 0.6 is 0 Å². The second-order valence-electron chi connectivity index (χ2n) is 3.01.